The topological polar surface area (TPSA) is 94.0 Å². The van der Waals surface area contributed by atoms with Crippen molar-refractivity contribution in [2.24, 2.45) is 5.73 Å². The Morgan fingerprint density at radius 2 is 1.95 bits per heavy atom. The van der Waals surface area contributed by atoms with Gasteiger partial charge in [0.25, 0.3) is 5.91 Å². The van der Waals surface area contributed by atoms with Crippen molar-refractivity contribution in [3.8, 4) is 0 Å². The number of aryl methyl sites for hydroxylation is 2. The number of pyridine rings is 1. The first-order valence-corrected chi connectivity index (χ1v) is 5.88. The SMILES string of the molecule is Cc1ccc(Nc2ccc(N)c(C(N)=O)c2)c(C)n1. The summed E-state index contributed by atoms with van der Waals surface area (Å²) in [6, 6.07) is 8.94. The van der Waals surface area contributed by atoms with Crippen molar-refractivity contribution in [3.63, 3.8) is 0 Å². The number of aromatic nitrogens is 1. The number of hydrogen-bond acceptors (Lipinski definition) is 4. The quantitative estimate of drug-likeness (QED) is 0.733. The minimum Gasteiger partial charge on any atom is -0.398 e. The molecule has 1 aromatic heterocycles. The molecular weight excluding hydrogens is 240 g/mol. The number of nitrogens with one attached hydrogen (secondary N) is 1. The van der Waals surface area contributed by atoms with Crippen LogP contribution in [0.5, 0.6) is 0 Å². The molecule has 1 amide bonds. The predicted molar refractivity (Wildman–Crippen MR) is 76.4 cm³/mol. The second kappa shape index (κ2) is 4.97. The largest absolute Gasteiger partial charge is 0.398 e. The minimum atomic E-state index is -0.542. The molecular formula is C14H16N4O. The number of hydrogen-bond donors (Lipinski definition) is 3. The first-order chi connectivity index (χ1) is 8.97. The lowest BCUT2D eigenvalue weighted by molar-refractivity contribution is 0.100. The molecule has 0 aliphatic carbocycles. The number of amides is 1. The second-order valence-corrected chi connectivity index (χ2v) is 4.38. The van der Waals surface area contributed by atoms with Gasteiger partial charge in [-0.05, 0) is 44.2 Å². The standard InChI is InChI=1S/C14H16N4O/c1-8-3-6-13(9(2)17-8)18-10-4-5-12(15)11(7-10)14(16)19/h3-7,18H,15H2,1-2H3,(H2,16,19). The third kappa shape index (κ3) is 2.82. The molecule has 0 saturated heterocycles. The van der Waals surface area contributed by atoms with Gasteiger partial charge < -0.3 is 16.8 Å². The first-order valence-electron chi connectivity index (χ1n) is 5.88. The summed E-state index contributed by atoms with van der Waals surface area (Å²) < 4.78 is 0. The predicted octanol–water partition coefficient (Wildman–Crippen LogP) is 2.12. The molecule has 5 N–H and O–H groups in total. The molecule has 0 radical (unpaired) electrons. The van der Waals surface area contributed by atoms with E-state index in [1.165, 1.54) is 0 Å². The fraction of sp³-hybridized carbons (Fsp3) is 0.143. The molecule has 0 spiro atoms. The fourth-order valence-corrected chi connectivity index (χ4v) is 1.82. The van der Waals surface area contributed by atoms with E-state index in [0.717, 1.165) is 22.8 Å². The number of nitrogens with zero attached hydrogens (tertiary/aromatic N) is 1. The molecule has 0 aliphatic rings. The van der Waals surface area contributed by atoms with Crippen LogP contribution < -0.4 is 16.8 Å². The Morgan fingerprint density at radius 1 is 1.21 bits per heavy atom. The Balaban J connectivity index is 2.33. The van der Waals surface area contributed by atoms with Crippen LogP contribution in [0.25, 0.3) is 0 Å². The van der Waals surface area contributed by atoms with Gasteiger partial charge >= 0.3 is 0 Å². The van der Waals surface area contributed by atoms with Gasteiger partial charge in [0, 0.05) is 17.1 Å². The molecule has 0 fully saturated rings. The Labute approximate surface area is 111 Å². The van der Waals surface area contributed by atoms with E-state index < -0.39 is 5.91 Å². The van der Waals surface area contributed by atoms with Gasteiger partial charge in [-0.15, -0.1) is 0 Å². The van der Waals surface area contributed by atoms with Crippen molar-refractivity contribution >= 4 is 23.0 Å². The highest BCUT2D eigenvalue weighted by Gasteiger charge is 2.07. The zero-order chi connectivity index (χ0) is 14.0. The van der Waals surface area contributed by atoms with Gasteiger partial charge in [0.05, 0.1) is 16.9 Å². The summed E-state index contributed by atoms with van der Waals surface area (Å²) in [5.74, 6) is -0.542. The van der Waals surface area contributed by atoms with E-state index in [4.69, 9.17) is 11.5 Å². The number of carbonyl (C=O) groups excluding carboxylic acids is 1. The number of nitrogen functional groups attached to an aromatic ring is 1. The molecule has 2 aromatic rings. The van der Waals surface area contributed by atoms with E-state index in [2.05, 4.69) is 10.3 Å². The summed E-state index contributed by atoms with van der Waals surface area (Å²) in [7, 11) is 0. The van der Waals surface area contributed by atoms with Crippen molar-refractivity contribution in [2.75, 3.05) is 11.1 Å². The van der Waals surface area contributed by atoms with Crippen molar-refractivity contribution in [1.29, 1.82) is 0 Å². The third-order valence-electron chi connectivity index (χ3n) is 2.82. The third-order valence-corrected chi connectivity index (χ3v) is 2.82. The van der Waals surface area contributed by atoms with Crippen LogP contribution in [0.1, 0.15) is 21.7 Å². The van der Waals surface area contributed by atoms with Crippen molar-refractivity contribution in [3.05, 3.63) is 47.3 Å². The molecule has 5 nitrogen and oxygen atoms in total. The Bertz CT molecular complexity index is 637. The smallest absolute Gasteiger partial charge is 0.250 e. The number of rotatable bonds is 3. The summed E-state index contributed by atoms with van der Waals surface area (Å²) in [5.41, 5.74) is 15.1. The van der Waals surface area contributed by atoms with Crippen LogP contribution in [0, 0.1) is 13.8 Å². The van der Waals surface area contributed by atoms with Gasteiger partial charge in [-0.1, -0.05) is 0 Å². The Hall–Kier alpha value is -2.56. The highest BCUT2D eigenvalue weighted by Crippen LogP contribution is 2.23. The summed E-state index contributed by atoms with van der Waals surface area (Å²) >= 11 is 0. The maximum atomic E-state index is 11.2. The van der Waals surface area contributed by atoms with Crippen molar-refractivity contribution in [1.82, 2.24) is 4.98 Å². The van der Waals surface area contributed by atoms with E-state index in [1.807, 2.05) is 26.0 Å². The van der Waals surface area contributed by atoms with Gasteiger partial charge in [0.1, 0.15) is 0 Å². The molecule has 2 rings (SSSR count). The highest BCUT2D eigenvalue weighted by molar-refractivity contribution is 5.99. The average molecular weight is 256 g/mol. The van der Waals surface area contributed by atoms with Crippen LogP contribution in [-0.2, 0) is 0 Å². The van der Waals surface area contributed by atoms with Gasteiger partial charge in [0.2, 0.25) is 0 Å². The molecule has 5 heteroatoms. The van der Waals surface area contributed by atoms with Gasteiger partial charge in [0.15, 0.2) is 0 Å². The molecule has 0 bridgehead atoms. The molecule has 19 heavy (non-hydrogen) atoms. The van der Waals surface area contributed by atoms with E-state index in [9.17, 15) is 4.79 Å². The van der Waals surface area contributed by atoms with Gasteiger partial charge in [-0.2, -0.15) is 0 Å². The average Bonchev–Trinajstić information content (AvgIpc) is 2.34. The molecule has 1 heterocycles. The molecule has 98 valence electrons. The highest BCUT2D eigenvalue weighted by atomic mass is 16.1. The van der Waals surface area contributed by atoms with Crippen LogP contribution in [0.15, 0.2) is 30.3 Å². The number of primary amides is 1. The van der Waals surface area contributed by atoms with E-state index in [0.29, 0.717) is 11.3 Å². The normalized spacial score (nSPS) is 10.2. The lowest BCUT2D eigenvalue weighted by Gasteiger charge is -2.11. The Morgan fingerprint density at radius 3 is 2.58 bits per heavy atom. The van der Waals surface area contributed by atoms with Crippen LogP contribution in [0.4, 0.5) is 17.1 Å². The Kier molecular flexibility index (Phi) is 3.37. The van der Waals surface area contributed by atoms with E-state index in [-0.39, 0.29) is 0 Å². The number of benzene rings is 1. The first kappa shape index (κ1) is 12.9. The molecule has 0 saturated carbocycles. The maximum absolute atomic E-state index is 11.2. The van der Waals surface area contributed by atoms with Gasteiger partial charge in [-0.25, -0.2) is 0 Å². The lowest BCUT2D eigenvalue weighted by Crippen LogP contribution is -2.13. The zero-order valence-electron chi connectivity index (χ0n) is 10.9. The molecule has 1 aromatic carbocycles. The molecule has 0 unspecified atom stereocenters. The number of anilines is 3. The summed E-state index contributed by atoms with van der Waals surface area (Å²) in [4.78, 5) is 15.6. The maximum Gasteiger partial charge on any atom is 0.250 e. The monoisotopic (exact) mass is 256 g/mol. The number of nitrogens with two attached hydrogens (primary N) is 2. The van der Waals surface area contributed by atoms with E-state index in [1.54, 1.807) is 18.2 Å². The summed E-state index contributed by atoms with van der Waals surface area (Å²) in [5, 5.41) is 3.20. The van der Waals surface area contributed by atoms with Crippen LogP contribution in [0.3, 0.4) is 0 Å². The van der Waals surface area contributed by atoms with E-state index >= 15 is 0 Å². The second-order valence-electron chi connectivity index (χ2n) is 4.38. The fourth-order valence-electron chi connectivity index (χ4n) is 1.82. The van der Waals surface area contributed by atoms with Crippen LogP contribution in [0.2, 0.25) is 0 Å². The summed E-state index contributed by atoms with van der Waals surface area (Å²) in [6.07, 6.45) is 0. The van der Waals surface area contributed by atoms with Crippen molar-refractivity contribution < 1.29 is 4.79 Å². The van der Waals surface area contributed by atoms with Crippen LogP contribution >= 0.6 is 0 Å². The minimum absolute atomic E-state index is 0.308. The van der Waals surface area contributed by atoms with Crippen LogP contribution in [-0.4, -0.2) is 10.9 Å². The lowest BCUT2D eigenvalue weighted by atomic mass is 10.1. The number of carbonyl (C=O) groups is 1. The zero-order valence-corrected chi connectivity index (χ0v) is 10.9. The summed E-state index contributed by atoms with van der Waals surface area (Å²) in [6.45, 7) is 3.85. The van der Waals surface area contributed by atoms with Crippen molar-refractivity contribution in [2.45, 2.75) is 13.8 Å². The molecule has 0 atom stereocenters. The molecule has 0 aliphatic heterocycles. The van der Waals surface area contributed by atoms with Gasteiger partial charge in [-0.3, -0.25) is 9.78 Å².